The van der Waals surface area contributed by atoms with Crippen molar-refractivity contribution in [2.45, 2.75) is 19.8 Å². The minimum Gasteiger partial charge on any atom is -0.449 e. The van der Waals surface area contributed by atoms with Crippen molar-refractivity contribution in [2.24, 2.45) is 0 Å². The fourth-order valence-electron chi connectivity index (χ4n) is 2.35. The number of hydrogen-bond acceptors (Lipinski definition) is 3. The van der Waals surface area contributed by atoms with Gasteiger partial charge in [-0.05, 0) is 18.6 Å². The highest BCUT2D eigenvalue weighted by Gasteiger charge is 2.28. The fourth-order valence-corrected chi connectivity index (χ4v) is 2.35. The molecule has 1 aromatic carbocycles. The molecule has 0 atom stereocenters. The summed E-state index contributed by atoms with van der Waals surface area (Å²) in [5.41, 5.74) is -0.520. The Labute approximate surface area is 138 Å². The van der Waals surface area contributed by atoms with Crippen LogP contribution in [-0.4, -0.2) is 54.6 Å². The summed E-state index contributed by atoms with van der Waals surface area (Å²) < 4.78 is 45.0. The van der Waals surface area contributed by atoms with Gasteiger partial charge in [-0.15, -0.1) is 0 Å². The molecule has 1 saturated heterocycles. The van der Waals surface area contributed by atoms with E-state index in [1.54, 1.807) is 0 Å². The Balaban J connectivity index is 1.94. The number of benzene rings is 1. The van der Waals surface area contributed by atoms with Crippen LogP contribution in [0.1, 0.15) is 30.1 Å². The van der Waals surface area contributed by atoms with Crippen LogP contribution in [0.25, 0.3) is 0 Å². The topological polar surface area (TPSA) is 49.9 Å². The van der Waals surface area contributed by atoms with Gasteiger partial charge in [0.25, 0.3) is 5.91 Å². The van der Waals surface area contributed by atoms with Crippen molar-refractivity contribution in [3.8, 4) is 0 Å². The van der Waals surface area contributed by atoms with Gasteiger partial charge < -0.3 is 14.5 Å². The van der Waals surface area contributed by atoms with Gasteiger partial charge in [-0.3, -0.25) is 4.79 Å². The van der Waals surface area contributed by atoms with E-state index in [1.165, 1.54) is 9.80 Å². The van der Waals surface area contributed by atoms with Crippen molar-refractivity contribution in [1.29, 1.82) is 0 Å². The van der Waals surface area contributed by atoms with Crippen molar-refractivity contribution in [3.05, 3.63) is 35.1 Å². The third kappa shape index (κ3) is 3.98. The van der Waals surface area contributed by atoms with Crippen LogP contribution in [0.4, 0.5) is 18.0 Å². The van der Waals surface area contributed by atoms with Crippen LogP contribution in [0, 0.1) is 17.5 Å². The van der Waals surface area contributed by atoms with Crippen LogP contribution in [-0.2, 0) is 4.74 Å². The molecular weight excluding hydrogens is 325 g/mol. The molecule has 24 heavy (non-hydrogen) atoms. The van der Waals surface area contributed by atoms with E-state index in [0.29, 0.717) is 12.7 Å². The van der Waals surface area contributed by atoms with Crippen LogP contribution in [0.3, 0.4) is 0 Å². The summed E-state index contributed by atoms with van der Waals surface area (Å²) in [4.78, 5) is 26.8. The number of nitrogens with zero attached hydrogens (tertiary/aromatic N) is 2. The number of ether oxygens (including phenoxy) is 1. The van der Waals surface area contributed by atoms with E-state index in [4.69, 9.17) is 4.74 Å². The second-order valence-electron chi connectivity index (χ2n) is 5.47. The summed E-state index contributed by atoms with van der Waals surface area (Å²) in [6, 6.07) is 1.63. The van der Waals surface area contributed by atoms with Gasteiger partial charge in [0.1, 0.15) is 0 Å². The molecule has 1 heterocycles. The largest absolute Gasteiger partial charge is 0.449 e. The van der Waals surface area contributed by atoms with E-state index in [-0.39, 0.29) is 26.2 Å². The van der Waals surface area contributed by atoms with Crippen molar-refractivity contribution < 1.29 is 27.5 Å². The van der Waals surface area contributed by atoms with E-state index in [1.807, 2.05) is 6.92 Å². The van der Waals surface area contributed by atoms with Crippen molar-refractivity contribution in [1.82, 2.24) is 9.80 Å². The van der Waals surface area contributed by atoms with Crippen LogP contribution >= 0.6 is 0 Å². The molecule has 0 unspecified atom stereocenters. The number of unbranched alkanes of at least 4 members (excludes halogenated alkanes) is 1. The Bertz CT molecular complexity index is 617. The predicted octanol–water partition coefficient (Wildman–Crippen LogP) is 2.80. The van der Waals surface area contributed by atoms with E-state index < -0.39 is 35.0 Å². The molecule has 0 N–H and O–H groups in total. The molecule has 1 aliphatic rings. The molecule has 1 aliphatic heterocycles. The lowest BCUT2D eigenvalue weighted by Crippen LogP contribution is -2.51. The number of amides is 2. The zero-order valence-corrected chi connectivity index (χ0v) is 13.4. The van der Waals surface area contributed by atoms with Crippen LogP contribution in [0.15, 0.2) is 12.1 Å². The summed E-state index contributed by atoms with van der Waals surface area (Å²) in [5.74, 6) is -5.24. The van der Waals surface area contributed by atoms with Crippen LogP contribution < -0.4 is 0 Å². The SMILES string of the molecule is CCCCOC(=O)N1CCN(C(=O)c2ccc(F)c(F)c2F)CC1. The summed E-state index contributed by atoms with van der Waals surface area (Å²) in [6.07, 6.45) is 1.24. The van der Waals surface area contributed by atoms with E-state index >= 15 is 0 Å². The lowest BCUT2D eigenvalue weighted by molar-refractivity contribution is 0.0553. The van der Waals surface area contributed by atoms with E-state index in [2.05, 4.69) is 0 Å². The number of carbonyl (C=O) groups is 2. The highest BCUT2D eigenvalue weighted by Crippen LogP contribution is 2.18. The standard InChI is InChI=1S/C16H19F3N2O3/c1-2-3-10-24-16(23)21-8-6-20(7-9-21)15(22)11-4-5-12(17)14(19)13(11)18/h4-5H,2-3,6-10H2,1H3. The molecule has 0 aromatic heterocycles. The molecule has 0 aliphatic carbocycles. The molecule has 0 saturated carbocycles. The monoisotopic (exact) mass is 344 g/mol. The highest BCUT2D eigenvalue weighted by molar-refractivity contribution is 5.94. The van der Waals surface area contributed by atoms with Gasteiger partial charge in [-0.2, -0.15) is 0 Å². The summed E-state index contributed by atoms with van der Waals surface area (Å²) in [6.45, 7) is 3.13. The molecular formula is C16H19F3N2O3. The first-order valence-electron chi connectivity index (χ1n) is 7.80. The maximum Gasteiger partial charge on any atom is 0.409 e. The summed E-state index contributed by atoms with van der Waals surface area (Å²) >= 11 is 0. The van der Waals surface area contributed by atoms with E-state index in [9.17, 15) is 22.8 Å². The number of halogens is 3. The highest BCUT2D eigenvalue weighted by atomic mass is 19.2. The maximum absolute atomic E-state index is 13.7. The molecule has 0 radical (unpaired) electrons. The molecule has 2 amide bonds. The normalized spacial score (nSPS) is 14.7. The van der Waals surface area contributed by atoms with Crippen molar-refractivity contribution in [2.75, 3.05) is 32.8 Å². The zero-order chi connectivity index (χ0) is 17.7. The van der Waals surface area contributed by atoms with E-state index in [0.717, 1.165) is 18.9 Å². The first kappa shape index (κ1) is 18.1. The molecule has 0 bridgehead atoms. The first-order chi connectivity index (χ1) is 11.5. The molecule has 0 spiro atoms. The Morgan fingerprint density at radius 1 is 1.04 bits per heavy atom. The number of rotatable bonds is 4. The van der Waals surface area contributed by atoms with Gasteiger partial charge in [0.05, 0.1) is 12.2 Å². The number of hydrogen-bond donors (Lipinski definition) is 0. The molecule has 1 aromatic rings. The predicted molar refractivity (Wildman–Crippen MR) is 80.0 cm³/mol. The lowest BCUT2D eigenvalue weighted by atomic mass is 10.1. The molecule has 1 fully saturated rings. The fraction of sp³-hybridized carbons (Fsp3) is 0.500. The minimum atomic E-state index is -1.67. The minimum absolute atomic E-state index is 0.167. The van der Waals surface area contributed by atoms with Gasteiger partial charge in [-0.1, -0.05) is 13.3 Å². The first-order valence-corrected chi connectivity index (χ1v) is 7.80. The van der Waals surface area contributed by atoms with Gasteiger partial charge in [-0.25, -0.2) is 18.0 Å². The Morgan fingerprint density at radius 3 is 2.29 bits per heavy atom. The summed E-state index contributed by atoms with van der Waals surface area (Å²) in [5, 5.41) is 0. The van der Waals surface area contributed by atoms with Crippen LogP contribution in [0.2, 0.25) is 0 Å². The Hall–Kier alpha value is -2.25. The molecule has 5 nitrogen and oxygen atoms in total. The maximum atomic E-state index is 13.7. The van der Waals surface area contributed by atoms with Gasteiger partial charge in [0.15, 0.2) is 17.5 Å². The van der Waals surface area contributed by atoms with Gasteiger partial charge >= 0.3 is 6.09 Å². The van der Waals surface area contributed by atoms with Crippen molar-refractivity contribution in [3.63, 3.8) is 0 Å². The lowest BCUT2D eigenvalue weighted by Gasteiger charge is -2.34. The second kappa shape index (κ2) is 8.03. The Morgan fingerprint density at radius 2 is 1.67 bits per heavy atom. The molecule has 8 heteroatoms. The average molecular weight is 344 g/mol. The average Bonchev–Trinajstić information content (AvgIpc) is 2.59. The number of carbonyl (C=O) groups excluding carboxylic acids is 2. The molecule has 132 valence electrons. The quantitative estimate of drug-likeness (QED) is 0.623. The van der Waals surface area contributed by atoms with Gasteiger partial charge in [0.2, 0.25) is 0 Å². The second-order valence-corrected chi connectivity index (χ2v) is 5.47. The third-order valence-corrected chi connectivity index (χ3v) is 3.81. The van der Waals surface area contributed by atoms with Crippen LogP contribution in [0.5, 0.6) is 0 Å². The molecule has 2 rings (SSSR count). The van der Waals surface area contributed by atoms with Crippen molar-refractivity contribution >= 4 is 12.0 Å². The number of piperazine rings is 1. The summed E-state index contributed by atoms with van der Waals surface area (Å²) in [7, 11) is 0. The zero-order valence-electron chi connectivity index (χ0n) is 13.4. The Kier molecular flexibility index (Phi) is 6.05. The smallest absolute Gasteiger partial charge is 0.409 e. The third-order valence-electron chi connectivity index (χ3n) is 3.81. The van der Waals surface area contributed by atoms with Gasteiger partial charge in [0, 0.05) is 26.2 Å².